The fourth-order valence-corrected chi connectivity index (χ4v) is 2.81. The summed E-state index contributed by atoms with van der Waals surface area (Å²) in [6.45, 7) is 11.5. The number of rotatable bonds is 0. The Labute approximate surface area is 149 Å². The molecule has 7 nitrogen and oxygen atoms in total. The molecule has 8 heteroatoms. The monoisotopic (exact) mass is 435 g/mol. The molecule has 1 aliphatic rings. The maximum absolute atomic E-state index is 12.3. The highest BCUT2D eigenvalue weighted by Gasteiger charge is 2.35. The quantitative estimate of drug-likeness (QED) is 0.584. The zero-order chi connectivity index (χ0) is 17.6. The average molecular weight is 435 g/mol. The smallest absolute Gasteiger partial charge is 0.435 e. The third-order valence-corrected chi connectivity index (χ3v) is 3.82. The van der Waals surface area contributed by atoms with E-state index in [0.717, 1.165) is 5.56 Å². The van der Waals surface area contributed by atoms with Crippen LogP contribution in [-0.2, 0) is 22.6 Å². The predicted octanol–water partition coefficient (Wildman–Crippen LogP) is 3.52. The van der Waals surface area contributed by atoms with Gasteiger partial charge in [0.2, 0.25) is 0 Å². The van der Waals surface area contributed by atoms with Crippen molar-refractivity contribution in [3.63, 3.8) is 0 Å². The minimum absolute atomic E-state index is 0.277. The van der Waals surface area contributed by atoms with Crippen LogP contribution in [0.3, 0.4) is 0 Å². The molecule has 0 atom stereocenters. The highest BCUT2D eigenvalue weighted by Crippen LogP contribution is 2.29. The van der Waals surface area contributed by atoms with E-state index in [1.165, 1.54) is 4.68 Å². The van der Waals surface area contributed by atoms with Crippen LogP contribution in [0.25, 0.3) is 0 Å². The number of carbonyl (C=O) groups is 2. The van der Waals surface area contributed by atoms with E-state index in [-0.39, 0.29) is 6.54 Å². The molecule has 0 aliphatic carbocycles. The van der Waals surface area contributed by atoms with Gasteiger partial charge in [0.15, 0.2) is 0 Å². The lowest BCUT2D eigenvalue weighted by Crippen LogP contribution is -2.34. The summed E-state index contributed by atoms with van der Waals surface area (Å²) in [6, 6.07) is 0. The lowest BCUT2D eigenvalue weighted by molar-refractivity contribution is 0.0231. The molecule has 128 valence electrons. The number of nitrogens with zero attached hydrogens (tertiary/aromatic N) is 3. The van der Waals surface area contributed by atoms with Gasteiger partial charge in [0.25, 0.3) is 0 Å². The number of halogens is 1. The maximum atomic E-state index is 12.3. The van der Waals surface area contributed by atoms with Gasteiger partial charge < -0.3 is 9.47 Å². The van der Waals surface area contributed by atoms with Crippen LogP contribution in [0.1, 0.15) is 52.8 Å². The Balaban J connectivity index is 2.19. The molecular formula is C15H22IN3O4. The van der Waals surface area contributed by atoms with Gasteiger partial charge in [-0.1, -0.05) is 0 Å². The van der Waals surface area contributed by atoms with Gasteiger partial charge in [-0.3, -0.25) is 4.90 Å². The van der Waals surface area contributed by atoms with Crippen LogP contribution in [-0.4, -0.2) is 38.1 Å². The average Bonchev–Trinajstić information content (AvgIpc) is 2.86. The van der Waals surface area contributed by atoms with Gasteiger partial charge in [0.05, 0.1) is 18.8 Å². The van der Waals surface area contributed by atoms with E-state index < -0.39 is 23.4 Å². The zero-order valence-electron chi connectivity index (χ0n) is 14.3. The lowest BCUT2D eigenvalue weighted by atomic mass is 10.2. The Hall–Kier alpha value is -1.32. The van der Waals surface area contributed by atoms with Crippen molar-refractivity contribution in [2.45, 2.75) is 65.8 Å². The van der Waals surface area contributed by atoms with Crippen LogP contribution in [0.2, 0.25) is 0 Å². The highest BCUT2D eigenvalue weighted by atomic mass is 127. The van der Waals surface area contributed by atoms with Crippen molar-refractivity contribution in [3.05, 3.63) is 15.0 Å². The van der Waals surface area contributed by atoms with Crippen molar-refractivity contribution in [2.75, 3.05) is 0 Å². The van der Waals surface area contributed by atoms with E-state index in [2.05, 4.69) is 27.7 Å². The predicted molar refractivity (Wildman–Crippen MR) is 92.1 cm³/mol. The van der Waals surface area contributed by atoms with E-state index in [1.807, 2.05) is 20.8 Å². The molecule has 0 bridgehead atoms. The molecule has 2 rings (SSSR count). The van der Waals surface area contributed by atoms with Gasteiger partial charge in [-0.25, -0.2) is 9.59 Å². The van der Waals surface area contributed by atoms with Crippen LogP contribution in [0.5, 0.6) is 0 Å². The topological polar surface area (TPSA) is 73.7 Å². The van der Waals surface area contributed by atoms with E-state index >= 15 is 0 Å². The maximum Gasteiger partial charge on any atom is 0.435 e. The second-order valence-corrected chi connectivity index (χ2v) is 8.47. The fraction of sp³-hybridized carbons (Fsp3) is 0.667. The van der Waals surface area contributed by atoms with Gasteiger partial charge in [-0.2, -0.15) is 9.78 Å². The van der Waals surface area contributed by atoms with Crippen molar-refractivity contribution >= 4 is 34.8 Å². The molecule has 0 spiro atoms. The molecule has 0 N–H and O–H groups in total. The van der Waals surface area contributed by atoms with E-state index in [1.54, 1.807) is 25.7 Å². The first kappa shape index (κ1) is 18.0. The third-order valence-electron chi connectivity index (χ3n) is 2.95. The summed E-state index contributed by atoms with van der Waals surface area (Å²) in [5, 5.41) is 4.23. The first-order valence-electron chi connectivity index (χ1n) is 7.35. The summed E-state index contributed by atoms with van der Waals surface area (Å²) < 4.78 is 12.7. The Kier molecular flexibility index (Phi) is 4.67. The van der Waals surface area contributed by atoms with Crippen molar-refractivity contribution in [2.24, 2.45) is 0 Å². The Morgan fingerprint density at radius 3 is 2.04 bits per heavy atom. The number of carbonyl (C=O) groups excluding carboxylic acids is 2. The standard InChI is InChI=1S/C15H22IN3O4/c1-14(2,3)22-12(20)18-7-9-10(8-18)19(17-11(9)16)13(21)23-15(4,5)6/h7-8H2,1-6H3. The number of aromatic nitrogens is 2. The SMILES string of the molecule is CC(C)(C)OC(=O)N1Cc2c(I)nn(C(=O)OC(C)(C)C)c2C1. The van der Waals surface area contributed by atoms with Crippen LogP contribution < -0.4 is 0 Å². The van der Waals surface area contributed by atoms with Crippen molar-refractivity contribution < 1.29 is 19.1 Å². The summed E-state index contributed by atoms with van der Waals surface area (Å²) in [5.41, 5.74) is 0.373. The molecule has 0 fully saturated rings. The molecule has 1 aromatic heterocycles. The van der Waals surface area contributed by atoms with Gasteiger partial charge in [0, 0.05) is 5.56 Å². The molecule has 1 amide bonds. The first-order chi connectivity index (χ1) is 10.4. The van der Waals surface area contributed by atoms with Gasteiger partial charge >= 0.3 is 12.2 Å². The van der Waals surface area contributed by atoms with Crippen LogP contribution in [0, 0.1) is 3.70 Å². The molecule has 0 aromatic carbocycles. The van der Waals surface area contributed by atoms with E-state index in [0.29, 0.717) is 15.9 Å². The highest BCUT2D eigenvalue weighted by molar-refractivity contribution is 14.1. The van der Waals surface area contributed by atoms with Crippen molar-refractivity contribution in [3.8, 4) is 0 Å². The Morgan fingerprint density at radius 2 is 1.52 bits per heavy atom. The van der Waals surface area contributed by atoms with Gasteiger partial charge in [-0.05, 0) is 64.1 Å². The summed E-state index contributed by atoms with van der Waals surface area (Å²) in [5.74, 6) is 0. The molecule has 0 saturated carbocycles. The van der Waals surface area contributed by atoms with Crippen LogP contribution in [0.4, 0.5) is 9.59 Å². The van der Waals surface area contributed by atoms with Gasteiger partial charge in [-0.15, -0.1) is 0 Å². The summed E-state index contributed by atoms with van der Waals surface area (Å²) in [4.78, 5) is 26.0. The normalized spacial score (nSPS) is 14.7. The van der Waals surface area contributed by atoms with E-state index in [9.17, 15) is 9.59 Å². The molecule has 2 heterocycles. The van der Waals surface area contributed by atoms with Crippen molar-refractivity contribution in [1.82, 2.24) is 14.7 Å². The fourth-order valence-electron chi connectivity index (χ4n) is 2.11. The Bertz CT molecular complexity index is 640. The van der Waals surface area contributed by atoms with E-state index in [4.69, 9.17) is 9.47 Å². The third kappa shape index (κ3) is 4.36. The lowest BCUT2D eigenvalue weighted by Gasteiger charge is -2.24. The second kappa shape index (κ2) is 5.95. The Morgan fingerprint density at radius 1 is 1.00 bits per heavy atom. The minimum Gasteiger partial charge on any atom is -0.444 e. The number of hydrogen-bond acceptors (Lipinski definition) is 5. The van der Waals surface area contributed by atoms with Crippen LogP contribution in [0.15, 0.2) is 0 Å². The number of amides is 1. The molecule has 0 radical (unpaired) electrons. The number of hydrogen-bond donors (Lipinski definition) is 0. The van der Waals surface area contributed by atoms with Crippen LogP contribution >= 0.6 is 22.6 Å². The summed E-state index contributed by atoms with van der Waals surface area (Å²) in [7, 11) is 0. The first-order valence-corrected chi connectivity index (χ1v) is 8.43. The van der Waals surface area contributed by atoms with Gasteiger partial charge in [0.1, 0.15) is 14.9 Å². The summed E-state index contributed by atoms with van der Waals surface area (Å²) >= 11 is 2.06. The molecule has 1 aromatic rings. The molecule has 23 heavy (non-hydrogen) atoms. The zero-order valence-corrected chi connectivity index (χ0v) is 16.4. The molecule has 0 unspecified atom stereocenters. The summed E-state index contributed by atoms with van der Waals surface area (Å²) in [6.07, 6.45) is -0.942. The molecule has 0 saturated heterocycles. The number of ether oxygens (including phenoxy) is 2. The largest absolute Gasteiger partial charge is 0.444 e. The second-order valence-electron chi connectivity index (χ2n) is 7.44. The minimum atomic E-state index is -0.606. The molecule has 1 aliphatic heterocycles. The van der Waals surface area contributed by atoms with Crippen molar-refractivity contribution in [1.29, 1.82) is 0 Å². The number of fused-ring (bicyclic) bond motifs is 1. The molecular weight excluding hydrogens is 413 g/mol.